The van der Waals surface area contributed by atoms with E-state index in [2.05, 4.69) is 184 Å². The summed E-state index contributed by atoms with van der Waals surface area (Å²) in [5.74, 6) is 0. The minimum atomic E-state index is 1.16. The van der Waals surface area contributed by atoms with E-state index >= 15 is 0 Å². The van der Waals surface area contributed by atoms with Crippen molar-refractivity contribution in [1.29, 1.82) is 0 Å². The van der Waals surface area contributed by atoms with Crippen LogP contribution in [0.3, 0.4) is 0 Å². The maximum absolute atomic E-state index is 2.64. The van der Waals surface area contributed by atoms with Gasteiger partial charge in [-0.25, -0.2) is 0 Å². The van der Waals surface area contributed by atoms with Gasteiger partial charge in [0.25, 0.3) is 0 Å². The topological polar surface area (TPSA) is 0 Å². The molecule has 0 radical (unpaired) electrons. The predicted molar refractivity (Wildman–Crippen MR) is 461 cm³/mol. The fraction of sp³-hybridized carbons (Fsp3) is 0.522. The largest absolute Gasteiger partial charge is 0.134 e. The molecule has 538 valence electrons. The van der Waals surface area contributed by atoms with E-state index in [0.29, 0.717) is 0 Å². The third kappa shape index (κ3) is 25.1. The lowest BCUT2D eigenvalue weighted by Gasteiger charge is -2.04. The van der Waals surface area contributed by atoms with Gasteiger partial charge in [0.1, 0.15) is 0 Å². The number of unbranched alkanes of at least 4 members (excludes halogenated alkanes) is 36. The number of aryl methyl sites for hydroxylation is 4. The second-order valence-electron chi connectivity index (χ2n) is 29.0. The van der Waals surface area contributed by atoms with Gasteiger partial charge in [0.05, 0.1) is 0 Å². The number of hydrogen-bond acceptors (Lipinski definition) is 8. The Morgan fingerprint density at radius 3 is 0.610 bits per heavy atom. The highest BCUT2D eigenvalue weighted by molar-refractivity contribution is 7.32. The zero-order valence-corrected chi connectivity index (χ0v) is 68.6. The number of benzene rings is 2. The molecule has 8 heteroatoms. The predicted octanol–water partition coefficient (Wildman–Crippen LogP) is 35.0. The SMILES string of the molecule is CCCCCCCCCCCCc1cc(-c2ccccc2)sc1-c1cc(CCCCCCCCCCCC)c(-c2ccc(-c3ccc(-c4ccc(-c5ccc(-c6sc(-c7sc(-c8ccccc8)cc7CCCCCCCCCCCC)cc6CCCCCCCCCCCC)s5)s4)s3)s2)s1. The summed E-state index contributed by atoms with van der Waals surface area (Å²) < 4.78 is 0. The van der Waals surface area contributed by atoms with Crippen molar-refractivity contribution in [2.24, 2.45) is 0 Å². The highest BCUT2D eigenvalue weighted by atomic mass is 32.1. The zero-order valence-electron chi connectivity index (χ0n) is 62.1. The molecule has 0 nitrogen and oxygen atoms in total. The third-order valence-electron chi connectivity index (χ3n) is 20.6. The smallest absolute Gasteiger partial charge is 0.0481 e. The van der Waals surface area contributed by atoms with Gasteiger partial charge in [0, 0.05) is 78.0 Å². The van der Waals surface area contributed by atoms with Crippen molar-refractivity contribution in [3.8, 4) is 89.2 Å². The monoisotopic (exact) mass is 1480 g/mol. The Hall–Kier alpha value is -3.96. The van der Waals surface area contributed by atoms with Gasteiger partial charge in [-0.15, -0.1) is 90.7 Å². The van der Waals surface area contributed by atoms with Gasteiger partial charge < -0.3 is 0 Å². The molecule has 100 heavy (non-hydrogen) atoms. The Morgan fingerprint density at radius 1 is 0.170 bits per heavy atom. The summed E-state index contributed by atoms with van der Waals surface area (Å²) in [6.45, 7) is 9.29. The first kappa shape index (κ1) is 78.6. The van der Waals surface area contributed by atoms with Gasteiger partial charge in [-0.3, -0.25) is 0 Å². The highest BCUT2D eigenvalue weighted by Gasteiger charge is 2.23. The van der Waals surface area contributed by atoms with Crippen LogP contribution in [-0.2, 0) is 25.7 Å². The van der Waals surface area contributed by atoms with E-state index in [1.165, 1.54) is 359 Å². The van der Waals surface area contributed by atoms with Gasteiger partial charge in [-0.1, -0.05) is 320 Å². The molecule has 8 aromatic heterocycles. The molecule has 0 spiro atoms. The molecule has 10 aromatic rings. The standard InChI is InChI=1S/C92H122S8/c1-5-9-13-17-21-25-29-33-37-43-55-73-67-85(71-51-47-41-48-52-71)97-91(73)87-69-75(57-45-39-35-31-27-23-19-15-11-7-3)89(99-87)83-65-63-81(95-83)79-61-59-77(93-79)78-60-62-80(94-78)82-64-66-84(96-82)90-76(58-46-40-36-32-28-24-20-16-12-8-4)70-88(100-90)92-74(68-86(98-92)72-53-49-42-50-54-72)56-44-38-34-30-26-22-18-14-10-6-2/h41-42,47-54,59-70H,5-40,43-46,55-58H2,1-4H3. The number of thiophene rings is 8. The summed E-state index contributed by atoms with van der Waals surface area (Å²) in [5, 5.41) is 0. The van der Waals surface area contributed by atoms with Crippen LogP contribution in [0.15, 0.2) is 133 Å². The van der Waals surface area contributed by atoms with Gasteiger partial charge in [-0.05, 0) is 158 Å². The van der Waals surface area contributed by atoms with Crippen molar-refractivity contribution >= 4 is 90.7 Å². The van der Waals surface area contributed by atoms with Crippen LogP contribution in [0, 0.1) is 0 Å². The fourth-order valence-corrected chi connectivity index (χ4v) is 24.3. The molecule has 0 N–H and O–H groups in total. The van der Waals surface area contributed by atoms with Crippen LogP contribution in [0.25, 0.3) is 89.2 Å². The number of rotatable bonds is 53. The number of hydrogen-bond donors (Lipinski definition) is 0. The molecule has 0 amide bonds. The van der Waals surface area contributed by atoms with Crippen molar-refractivity contribution in [3.05, 3.63) is 156 Å². The summed E-state index contributed by atoms with van der Waals surface area (Å²) in [4.78, 5) is 23.0. The van der Waals surface area contributed by atoms with Crippen molar-refractivity contribution < 1.29 is 0 Å². The van der Waals surface area contributed by atoms with Crippen LogP contribution in [0.1, 0.15) is 307 Å². The van der Waals surface area contributed by atoms with E-state index in [1.807, 2.05) is 68.0 Å². The Kier molecular flexibility index (Phi) is 35.7. The van der Waals surface area contributed by atoms with Crippen molar-refractivity contribution in [2.75, 3.05) is 0 Å². The van der Waals surface area contributed by atoms with Crippen LogP contribution in [0.4, 0.5) is 0 Å². The molecular formula is C92H122S8. The van der Waals surface area contributed by atoms with Crippen LogP contribution in [0.5, 0.6) is 0 Å². The molecule has 0 aliphatic heterocycles. The van der Waals surface area contributed by atoms with E-state index in [-0.39, 0.29) is 0 Å². The first-order chi connectivity index (χ1) is 49.5. The van der Waals surface area contributed by atoms with Crippen LogP contribution >= 0.6 is 90.7 Å². The molecule has 2 aromatic carbocycles. The van der Waals surface area contributed by atoms with Gasteiger partial charge in [-0.2, -0.15) is 0 Å². The molecule has 0 aliphatic rings. The molecule has 0 atom stereocenters. The Labute approximate surface area is 640 Å². The average molecular weight is 1480 g/mol. The molecule has 0 fully saturated rings. The minimum absolute atomic E-state index is 1.16. The molecule has 0 saturated carbocycles. The normalized spacial score (nSPS) is 11.8. The molecule has 10 rings (SSSR count). The summed E-state index contributed by atoms with van der Waals surface area (Å²) >= 11 is 16.2. The van der Waals surface area contributed by atoms with Crippen molar-refractivity contribution in [2.45, 2.75) is 310 Å². The molecule has 0 saturated heterocycles. The average Bonchev–Trinajstić information content (AvgIpc) is 1.64. The second-order valence-corrected chi connectivity index (χ2v) is 37.5. The lowest BCUT2D eigenvalue weighted by Crippen LogP contribution is -1.87. The molecular weight excluding hydrogens is 1360 g/mol. The molecule has 0 aliphatic carbocycles. The van der Waals surface area contributed by atoms with E-state index in [4.69, 9.17) is 0 Å². The fourth-order valence-electron chi connectivity index (χ4n) is 14.6. The van der Waals surface area contributed by atoms with Crippen LogP contribution < -0.4 is 0 Å². The Bertz CT molecular complexity index is 3530. The third-order valence-corrected chi connectivity index (χ3v) is 31.1. The highest BCUT2D eigenvalue weighted by Crippen LogP contribution is 2.52. The first-order valence-electron chi connectivity index (χ1n) is 40.5. The molecule has 0 unspecified atom stereocenters. The molecule has 8 heterocycles. The van der Waals surface area contributed by atoms with E-state index in [9.17, 15) is 0 Å². The summed E-state index contributed by atoms with van der Waals surface area (Å²) in [7, 11) is 0. The van der Waals surface area contributed by atoms with Gasteiger partial charge >= 0.3 is 0 Å². The van der Waals surface area contributed by atoms with Crippen LogP contribution in [-0.4, -0.2) is 0 Å². The van der Waals surface area contributed by atoms with E-state index in [0.717, 1.165) is 12.8 Å². The minimum Gasteiger partial charge on any atom is -0.134 e. The quantitative estimate of drug-likeness (QED) is 0.0333. The Balaban J connectivity index is 0.847. The maximum atomic E-state index is 2.64. The van der Waals surface area contributed by atoms with Crippen LogP contribution in [0.2, 0.25) is 0 Å². The van der Waals surface area contributed by atoms with Crippen molar-refractivity contribution in [3.63, 3.8) is 0 Å². The van der Waals surface area contributed by atoms with Crippen molar-refractivity contribution in [1.82, 2.24) is 0 Å². The maximum Gasteiger partial charge on any atom is 0.0481 e. The van der Waals surface area contributed by atoms with Gasteiger partial charge in [0.2, 0.25) is 0 Å². The lowest BCUT2D eigenvalue weighted by atomic mass is 10.0. The van der Waals surface area contributed by atoms with E-state index < -0.39 is 0 Å². The second kappa shape index (κ2) is 45.4. The Morgan fingerprint density at radius 2 is 0.360 bits per heavy atom. The first-order valence-corrected chi connectivity index (χ1v) is 47.1. The summed E-state index contributed by atoms with van der Waals surface area (Å²) in [6.07, 6.45) is 59.6. The summed E-state index contributed by atoms with van der Waals surface area (Å²) in [5.41, 5.74) is 8.96. The van der Waals surface area contributed by atoms with E-state index in [1.54, 1.807) is 22.3 Å². The zero-order chi connectivity index (χ0) is 69.0. The summed E-state index contributed by atoms with van der Waals surface area (Å²) in [6, 6.07) is 52.2. The molecule has 0 bridgehead atoms. The lowest BCUT2D eigenvalue weighted by molar-refractivity contribution is 0.556. The van der Waals surface area contributed by atoms with Gasteiger partial charge in [0.15, 0.2) is 0 Å².